The molecule has 4 rings (SSSR count). The zero-order valence-corrected chi connectivity index (χ0v) is 23.6. The van der Waals surface area contributed by atoms with E-state index in [4.69, 9.17) is 16.3 Å². The maximum Gasteiger partial charge on any atom is 0.176 e. The molecular weight excluding hydrogens is 509 g/mol. The molecule has 3 aromatic rings. The number of rotatable bonds is 9. The highest BCUT2D eigenvalue weighted by molar-refractivity contribution is 6.32. The Kier molecular flexibility index (Phi) is 10.0. The topological polar surface area (TPSA) is 74.7 Å². The van der Waals surface area contributed by atoms with Crippen molar-refractivity contribution in [3.63, 3.8) is 0 Å². The molecule has 0 amide bonds. The Morgan fingerprint density at radius 1 is 1.14 bits per heavy atom. The summed E-state index contributed by atoms with van der Waals surface area (Å²) >= 11 is 6.25. The van der Waals surface area contributed by atoms with E-state index in [0.29, 0.717) is 17.4 Å². The fourth-order valence-electron chi connectivity index (χ4n) is 5.23. The van der Waals surface area contributed by atoms with Crippen molar-refractivity contribution in [3.8, 4) is 22.6 Å². The Balaban J connectivity index is 0.00000380. The molecule has 1 saturated carbocycles. The smallest absolute Gasteiger partial charge is 0.176 e. The fourth-order valence-corrected chi connectivity index (χ4v) is 5.44. The molecule has 6 nitrogen and oxygen atoms in total. The van der Waals surface area contributed by atoms with Crippen LogP contribution in [0.15, 0.2) is 36.5 Å². The molecule has 1 heterocycles. The fraction of sp³-hybridized carbons (Fsp3) is 0.448. The summed E-state index contributed by atoms with van der Waals surface area (Å²) in [7, 11) is 1.50. The summed E-state index contributed by atoms with van der Waals surface area (Å²) in [4.78, 5) is 19.6. The predicted molar refractivity (Wildman–Crippen MR) is 155 cm³/mol. The van der Waals surface area contributed by atoms with E-state index in [-0.39, 0.29) is 29.0 Å². The highest BCUT2D eigenvalue weighted by atomic mass is 35.5. The minimum Gasteiger partial charge on any atom is -0.503 e. The molecule has 1 fully saturated rings. The molecule has 2 N–H and O–H groups in total. The van der Waals surface area contributed by atoms with Crippen molar-refractivity contribution in [2.45, 2.75) is 52.5 Å². The van der Waals surface area contributed by atoms with Crippen molar-refractivity contribution >= 4 is 46.4 Å². The second-order valence-corrected chi connectivity index (χ2v) is 10.1. The number of nitrogens with one attached hydrogen (secondary N) is 1. The second-order valence-electron chi connectivity index (χ2n) is 9.69. The van der Waals surface area contributed by atoms with Crippen molar-refractivity contribution in [2.75, 3.05) is 32.1 Å². The molecule has 2 aromatic carbocycles. The maximum absolute atomic E-state index is 12.6. The lowest BCUT2D eigenvalue weighted by Crippen LogP contribution is -2.34. The summed E-state index contributed by atoms with van der Waals surface area (Å²) in [5.74, 6) is 0.948. The quantitative estimate of drug-likeness (QED) is 0.277. The summed E-state index contributed by atoms with van der Waals surface area (Å²) < 4.78 is 5.29. The van der Waals surface area contributed by atoms with Crippen LogP contribution in [0, 0.1) is 5.92 Å². The van der Waals surface area contributed by atoms with Gasteiger partial charge in [0.1, 0.15) is 0 Å². The van der Waals surface area contributed by atoms with Crippen molar-refractivity contribution in [2.24, 2.45) is 5.92 Å². The van der Waals surface area contributed by atoms with Gasteiger partial charge in [0.2, 0.25) is 0 Å². The number of hydrogen-bond acceptors (Lipinski definition) is 6. The standard InChI is InChI=1S/C29H36ClN3O3.ClH/c1-5-33(6-2)17-19-7-10-22(11-8-19)32-28-23-13-20(9-12-26(23)31-16-24(28)18(3)34)21-14-25(30)29(35)27(15-21)36-4;/h9,12-16,19,22,35H,5-8,10-11,17H2,1-4H3,(H,31,32);1H/t19-,22-;. The van der Waals surface area contributed by atoms with Crippen molar-refractivity contribution < 1.29 is 14.6 Å². The van der Waals surface area contributed by atoms with Crippen LogP contribution in [-0.4, -0.2) is 53.6 Å². The van der Waals surface area contributed by atoms with Crippen LogP contribution in [0.4, 0.5) is 5.69 Å². The molecule has 0 atom stereocenters. The number of Topliss-reactive ketones (excluding diaryl/α,β-unsaturated/α-hetero) is 1. The maximum atomic E-state index is 12.6. The number of anilines is 1. The normalized spacial score (nSPS) is 17.5. The number of pyridine rings is 1. The highest BCUT2D eigenvalue weighted by Gasteiger charge is 2.24. The van der Waals surface area contributed by atoms with E-state index in [0.717, 1.165) is 59.6 Å². The van der Waals surface area contributed by atoms with Crippen LogP contribution in [0.2, 0.25) is 5.02 Å². The van der Waals surface area contributed by atoms with E-state index in [2.05, 4.69) is 29.0 Å². The first-order chi connectivity index (χ1) is 17.3. The molecule has 0 bridgehead atoms. The third-order valence-electron chi connectivity index (χ3n) is 7.43. The van der Waals surface area contributed by atoms with E-state index >= 15 is 0 Å². The van der Waals surface area contributed by atoms with E-state index in [9.17, 15) is 9.90 Å². The average Bonchev–Trinajstić information content (AvgIpc) is 2.89. The van der Waals surface area contributed by atoms with E-state index < -0.39 is 0 Å². The van der Waals surface area contributed by atoms with Gasteiger partial charge >= 0.3 is 0 Å². The molecule has 200 valence electrons. The third kappa shape index (κ3) is 6.49. The lowest BCUT2D eigenvalue weighted by molar-refractivity contribution is 0.101. The molecule has 0 aliphatic heterocycles. The number of nitrogens with zero attached hydrogens (tertiary/aromatic N) is 2. The number of ketones is 1. The van der Waals surface area contributed by atoms with Crippen LogP contribution in [0.25, 0.3) is 22.0 Å². The number of phenols is 1. The van der Waals surface area contributed by atoms with Crippen LogP contribution >= 0.6 is 24.0 Å². The molecule has 0 spiro atoms. The number of fused-ring (bicyclic) bond motifs is 1. The number of aromatic hydroxyl groups is 1. The molecule has 8 heteroatoms. The summed E-state index contributed by atoms with van der Waals surface area (Å²) in [6.45, 7) is 9.40. The van der Waals surface area contributed by atoms with Gasteiger partial charge in [-0.1, -0.05) is 31.5 Å². The Hall–Kier alpha value is -2.54. The molecule has 37 heavy (non-hydrogen) atoms. The zero-order chi connectivity index (χ0) is 25.8. The van der Waals surface area contributed by atoms with Crippen LogP contribution in [0.3, 0.4) is 0 Å². The number of hydrogen-bond donors (Lipinski definition) is 2. The second kappa shape index (κ2) is 12.8. The van der Waals surface area contributed by atoms with Crippen LogP contribution in [0.1, 0.15) is 56.8 Å². The first-order valence-electron chi connectivity index (χ1n) is 12.8. The minimum absolute atomic E-state index is 0. The molecule has 1 aliphatic rings. The lowest BCUT2D eigenvalue weighted by Gasteiger charge is -2.33. The van der Waals surface area contributed by atoms with E-state index in [1.165, 1.54) is 26.5 Å². The molecule has 0 saturated heterocycles. The van der Waals surface area contributed by atoms with Gasteiger partial charge < -0.3 is 20.1 Å². The van der Waals surface area contributed by atoms with Gasteiger partial charge in [-0.2, -0.15) is 0 Å². The van der Waals surface area contributed by atoms with Crippen LogP contribution < -0.4 is 10.1 Å². The van der Waals surface area contributed by atoms with Crippen LogP contribution in [0.5, 0.6) is 11.5 Å². The molecule has 0 radical (unpaired) electrons. The number of ether oxygens (including phenoxy) is 1. The molecule has 1 aromatic heterocycles. The van der Waals surface area contributed by atoms with Gasteiger partial charge in [0, 0.05) is 24.2 Å². The van der Waals surface area contributed by atoms with Crippen molar-refractivity contribution in [1.82, 2.24) is 9.88 Å². The number of methoxy groups -OCH3 is 1. The number of aromatic nitrogens is 1. The van der Waals surface area contributed by atoms with Crippen molar-refractivity contribution in [3.05, 3.63) is 47.1 Å². The summed E-state index contributed by atoms with van der Waals surface area (Å²) in [5.41, 5.74) is 3.98. The summed E-state index contributed by atoms with van der Waals surface area (Å²) in [5, 5.41) is 15.0. The monoisotopic (exact) mass is 545 g/mol. The Labute approximate surface area is 230 Å². The predicted octanol–water partition coefficient (Wildman–Crippen LogP) is 7.21. The van der Waals surface area contributed by atoms with Gasteiger partial charge in [-0.05, 0) is 87.0 Å². The zero-order valence-electron chi connectivity index (χ0n) is 22.0. The number of carbonyl (C=O) groups is 1. The first kappa shape index (κ1) is 29.0. The van der Waals surface area contributed by atoms with Crippen LogP contribution in [-0.2, 0) is 0 Å². The minimum atomic E-state index is -0.0804. The van der Waals surface area contributed by atoms with E-state index in [1.54, 1.807) is 25.3 Å². The third-order valence-corrected chi connectivity index (χ3v) is 7.72. The number of benzene rings is 2. The van der Waals surface area contributed by atoms with E-state index in [1.807, 2.05) is 18.2 Å². The molecular formula is C29H37Cl2N3O3. The molecule has 1 aliphatic carbocycles. The lowest BCUT2D eigenvalue weighted by atomic mass is 9.85. The van der Waals surface area contributed by atoms with Crippen molar-refractivity contribution in [1.29, 1.82) is 0 Å². The van der Waals surface area contributed by atoms with Gasteiger partial charge in [-0.3, -0.25) is 9.78 Å². The van der Waals surface area contributed by atoms with Gasteiger partial charge in [0.15, 0.2) is 17.3 Å². The van der Waals surface area contributed by atoms with Gasteiger partial charge in [-0.25, -0.2) is 0 Å². The summed E-state index contributed by atoms with van der Waals surface area (Å²) in [6, 6.07) is 9.74. The number of phenolic OH excluding ortho intramolecular Hbond substituents is 1. The molecule has 0 unspecified atom stereocenters. The van der Waals surface area contributed by atoms with Gasteiger partial charge in [-0.15, -0.1) is 12.4 Å². The number of halogens is 2. The first-order valence-corrected chi connectivity index (χ1v) is 13.2. The number of carbonyl (C=O) groups excluding carboxylic acids is 1. The summed E-state index contributed by atoms with van der Waals surface area (Å²) in [6.07, 6.45) is 6.21. The Morgan fingerprint density at radius 2 is 1.84 bits per heavy atom. The highest BCUT2D eigenvalue weighted by Crippen LogP contribution is 2.40. The average molecular weight is 547 g/mol. The Morgan fingerprint density at radius 3 is 2.46 bits per heavy atom. The largest absolute Gasteiger partial charge is 0.503 e. The Bertz CT molecular complexity index is 1240. The van der Waals surface area contributed by atoms with Gasteiger partial charge in [0.25, 0.3) is 0 Å². The SMILES string of the molecule is CCN(CC)C[C@H]1CC[C@H](Nc2c(C(C)=O)cnc3ccc(-c4cc(Cl)c(O)c(OC)c4)cc23)CC1.Cl. The van der Waals surface area contributed by atoms with Gasteiger partial charge in [0.05, 0.1) is 28.9 Å².